The lowest BCUT2D eigenvalue weighted by Crippen LogP contribution is -2.17. The number of benzene rings is 3. The van der Waals surface area contributed by atoms with Crippen LogP contribution in [-0.4, -0.2) is 24.2 Å². The molecule has 0 aliphatic heterocycles. The van der Waals surface area contributed by atoms with Crippen LogP contribution in [-0.2, 0) is 9.53 Å². The third-order valence-electron chi connectivity index (χ3n) is 4.68. The predicted molar refractivity (Wildman–Crippen MR) is 127 cm³/mol. The van der Waals surface area contributed by atoms with Crippen LogP contribution in [0.5, 0.6) is 11.5 Å². The van der Waals surface area contributed by atoms with E-state index in [4.69, 9.17) is 15.2 Å². The fourth-order valence-electron chi connectivity index (χ4n) is 3.04. The van der Waals surface area contributed by atoms with Gasteiger partial charge in [0.2, 0.25) is 5.91 Å². The predicted octanol–water partition coefficient (Wildman–Crippen LogP) is 4.86. The van der Waals surface area contributed by atoms with Crippen LogP contribution in [0, 0.1) is 0 Å². The highest BCUT2D eigenvalue weighted by molar-refractivity contribution is 6.01. The number of para-hydroxylation sites is 3. The first-order valence-electron chi connectivity index (χ1n) is 10.2. The Labute approximate surface area is 191 Å². The van der Waals surface area contributed by atoms with Gasteiger partial charge in [0.25, 0.3) is 0 Å². The topological polar surface area (TPSA) is 123 Å². The molecule has 3 aromatic rings. The Kier molecular flexibility index (Phi) is 7.91. The van der Waals surface area contributed by atoms with Crippen LogP contribution in [0.15, 0.2) is 84.9 Å². The molecule has 3 rings (SSSR count). The molecule has 8 nitrogen and oxygen atoms in total. The largest absolute Gasteiger partial charge is 0.504 e. The first-order chi connectivity index (χ1) is 16.0. The highest BCUT2D eigenvalue weighted by Gasteiger charge is 2.18. The second-order valence-corrected chi connectivity index (χ2v) is 7.03. The van der Waals surface area contributed by atoms with Crippen molar-refractivity contribution >= 4 is 29.1 Å². The summed E-state index contributed by atoms with van der Waals surface area (Å²) in [5.74, 6) is -0.173. The van der Waals surface area contributed by atoms with E-state index in [1.807, 2.05) is 6.07 Å². The standard InChI is InChI=1S/C25H25N3O5/c1-32-23-15-14-17(16-21(23)29)22(33-25(31)27-18-8-3-2-4-9-18)12-7-13-24(30)28-20-11-6-5-10-19(20)26/h2-11,13-16,22,29H,12,26H2,1H3,(H,27,31)(H,28,30)/b13-7+/t22-/m1/s1. The molecular weight excluding hydrogens is 422 g/mol. The second kappa shape index (κ2) is 11.2. The molecule has 0 aliphatic carbocycles. The van der Waals surface area contributed by atoms with Crippen molar-refractivity contribution in [2.75, 3.05) is 23.5 Å². The Morgan fingerprint density at radius 1 is 1.03 bits per heavy atom. The number of rotatable bonds is 8. The van der Waals surface area contributed by atoms with Gasteiger partial charge in [-0.3, -0.25) is 10.1 Å². The molecule has 0 aromatic heterocycles. The number of phenols is 1. The molecular formula is C25H25N3O5. The van der Waals surface area contributed by atoms with Crippen molar-refractivity contribution in [2.24, 2.45) is 0 Å². The number of carbonyl (C=O) groups excluding carboxylic acids is 2. The summed E-state index contributed by atoms with van der Waals surface area (Å²) in [5, 5.41) is 15.5. The number of methoxy groups -OCH3 is 1. The van der Waals surface area contributed by atoms with Crippen molar-refractivity contribution in [1.29, 1.82) is 0 Å². The molecule has 2 amide bonds. The summed E-state index contributed by atoms with van der Waals surface area (Å²) in [4.78, 5) is 24.7. The lowest BCUT2D eigenvalue weighted by atomic mass is 10.1. The Balaban J connectivity index is 1.71. The molecule has 0 radical (unpaired) electrons. The zero-order chi connectivity index (χ0) is 23.6. The minimum atomic E-state index is -0.767. The maximum Gasteiger partial charge on any atom is 0.412 e. The molecule has 170 valence electrons. The van der Waals surface area contributed by atoms with E-state index in [-0.39, 0.29) is 18.1 Å². The summed E-state index contributed by atoms with van der Waals surface area (Å²) in [6.45, 7) is 0. The number of hydrogen-bond donors (Lipinski definition) is 4. The average molecular weight is 447 g/mol. The Hall–Kier alpha value is -4.46. The van der Waals surface area contributed by atoms with Gasteiger partial charge in [-0.2, -0.15) is 0 Å². The van der Waals surface area contributed by atoms with Crippen molar-refractivity contribution in [3.05, 3.63) is 90.5 Å². The van der Waals surface area contributed by atoms with E-state index in [0.29, 0.717) is 28.4 Å². The molecule has 3 aromatic carbocycles. The quantitative estimate of drug-likeness (QED) is 0.289. The van der Waals surface area contributed by atoms with Crippen LogP contribution in [0.3, 0.4) is 0 Å². The minimum absolute atomic E-state index is 0.0895. The van der Waals surface area contributed by atoms with E-state index in [9.17, 15) is 14.7 Å². The summed E-state index contributed by atoms with van der Waals surface area (Å²) in [5.41, 5.74) is 7.91. The number of aromatic hydroxyl groups is 1. The fourth-order valence-corrected chi connectivity index (χ4v) is 3.04. The third kappa shape index (κ3) is 6.76. The molecule has 0 aliphatic rings. The molecule has 8 heteroatoms. The number of anilines is 3. The summed E-state index contributed by atoms with van der Waals surface area (Å²) in [7, 11) is 1.44. The maximum atomic E-state index is 12.4. The van der Waals surface area contributed by atoms with Crippen molar-refractivity contribution in [2.45, 2.75) is 12.5 Å². The summed E-state index contributed by atoms with van der Waals surface area (Å²) in [6, 6.07) is 20.5. The highest BCUT2D eigenvalue weighted by atomic mass is 16.6. The van der Waals surface area contributed by atoms with Gasteiger partial charge in [-0.25, -0.2) is 4.79 Å². The molecule has 0 unspecified atom stereocenters. The van der Waals surface area contributed by atoms with Crippen molar-refractivity contribution in [3.8, 4) is 11.5 Å². The number of nitrogens with one attached hydrogen (secondary N) is 2. The molecule has 0 saturated heterocycles. The van der Waals surface area contributed by atoms with Crippen molar-refractivity contribution < 1.29 is 24.2 Å². The zero-order valence-electron chi connectivity index (χ0n) is 18.0. The van der Waals surface area contributed by atoms with Crippen LogP contribution < -0.4 is 21.1 Å². The van der Waals surface area contributed by atoms with E-state index in [1.165, 1.54) is 19.3 Å². The molecule has 0 bridgehead atoms. The van der Waals surface area contributed by atoms with Crippen LogP contribution in [0.2, 0.25) is 0 Å². The summed E-state index contributed by atoms with van der Waals surface area (Å²) >= 11 is 0. The molecule has 0 heterocycles. The number of amides is 2. The van der Waals surface area contributed by atoms with Gasteiger partial charge in [0.15, 0.2) is 11.5 Å². The smallest absolute Gasteiger partial charge is 0.412 e. The van der Waals surface area contributed by atoms with Crippen LogP contribution in [0.25, 0.3) is 0 Å². The zero-order valence-corrected chi connectivity index (χ0v) is 18.0. The third-order valence-corrected chi connectivity index (χ3v) is 4.68. The highest BCUT2D eigenvalue weighted by Crippen LogP contribution is 2.32. The van der Waals surface area contributed by atoms with Gasteiger partial charge in [0, 0.05) is 12.1 Å². The second-order valence-electron chi connectivity index (χ2n) is 7.03. The number of nitrogens with two attached hydrogens (primary N) is 1. The summed E-state index contributed by atoms with van der Waals surface area (Å²) < 4.78 is 10.7. The molecule has 33 heavy (non-hydrogen) atoms. The Morgan fingerprint density at radius 3 is 2.45 bits per heavy atom. The van der Waals surface area contributed by atoms with Gasteiger partial charge in [0.05, 0.1) is 18.5 Å². The number of hydrogen-bond acceptors (Lipinski definition) is 6. The molecule has 0 spiro atoms. The number of nitrogen functional groups attached to an aromatic ring is 1. The van der Waals surface area contributed by atoms with Gasteiger partial charge in [-0.1, -0.05) is 42.5 Å². The van der Waals surface area contributed by atoms with Crippen molar-refractivity contribution in [1.82, 2.24) is 0 Å². The van der Waals surface area contributed by atoms with E-state index >= 15 is 0 Å². The van der Waals surface area contributed by atoms with Gasteiger partial charge in [-0.05, 0) is 48.0 Å². The van der Waals surface area contributed by atoms with Crippen LogP contribution in [0.1, 0.15) is 18.1 Å². The average Bonchev–Trinajstić information content (AvgIpc) is 2.80. The van der Waals surface area contributed by atoms with E-state index < -0.39 is 12.2 Å². The fraction of sp³-hybridized carbons (Fsp3) is 0.120. The van der Waals surface area contributed by atoms with Gasteiger partial charge >= 0.3 is 6.09 Å². The lowest BCUT2D eigenvalue weighted by Gasteiger charge is -2.18. The van der Waals surface area contributed by atoms with Gasteiger partial charge in [0.1, 0.15) is 6.10 Å². The maximum absolute atomic E-state index is 12.4. The summed E-state index contributed by atoms with van der Waals surface area (Å²) in [6.07, 6.45) is 1.66. The molecule has 0 fully saturated rings. The number of ether oxygens (including phenoxy) is 2. The number of carbonyl (C=O) groups is 2. The van der Waals surface area contributed by atoms with Gasteiger partial charge < -0.3 is 25.6 Å². The minimum Gasteiger partial charge on any atom is -0.504 e. The number of phenolic OH excluding ortho intramolecular Hbond substituents is 1. The van der Waals surface area contributed by atoms with Crippen LogP contribution in [0.4, 0.5) is 21.9 Å². The van der Waals surface area contributed by atoms with Gasteiger partial charge in [-0.15, -0.1) is 0 Å². The first kappa shape index (κ1) is 23.2. The first-order valence-corrected chi connectivity index (χ1v) is 10.2. The van der Waals surface area contributed by atoms with Crippen molar-refractivity contribution in [3.63, 3.8) is 0 Å². The van der Waals surface area contributed by atoms with Crippen LogP contribution >= 0.6 is 0 Å². The molecule has 1 atom stereocenters. The Morgan fingerprint density at radius 2 is 1.76 bits per heavy atom. The van der Waals surface area contributed by atoms with E-state index in [0.717, 1.165) is 0 Å². The Bertz CT molecular complexity index is 1130. The normalized spacial score (nSPS) is 11.5. The van der Waals surface area contributed by atoms with E-state index in [2.05, 4.69) is 10.6 Å². The van der Waals surface area contributed by atoms with E-state index in [1.54, 1.807) is 66.7 Å². The SMILES string of the molecule is COc1ccc([C@@H](C/C=C/C(=O)Nc2ccccc2N)OC(=O)Nc2ccccc2)cc1O. The molecule has 0 saturated carbocycles. The molecule has 5 N–H and O–H groups in total. The lowest BCUT2D eigenvalue weighted by molar-refractivity contribution is -0.111. The monoisotopic (exact) mass is 447 g/mol.